The van der Waals surface area contributed by atoms with Crippen molar-refractivity contribution in [1.82, 2.24) is 0 Å². The number of esters is 1. The molecule has 0 heterocycles. The van der Waals surface area contributed by atoms with Gasteiger partial charge in [-0.15, -0.1) is 0 Å². The maximum Gasteiger partial charge on any atom is 0.347 e. The first-order valence-electron chi connectivity index (χ1n) is 6.77. The van der Waals surface area contributed by atoms with Gasteiger partial charge >= 0.3 is 23.7 Å². The fourth-order valence-corrected chi connectivity index (χ4v) is 2.50. The third-order valence-electron chi connectivity index (χ3n) is 4.04. The largest absolute Gasteiger partial charge is 0.418 e. The van der Waals surface area contributed by atoms with Crippen molar-refractivity contribution in [3.05, 3.63) is 12.7 Å². The van der Waals surface area contributed by atoms with Crippen LogP contribution >= 0.6 is 0 Å². The fraction of sp³-hybridized carbons (Fsp3) is 0.769. The Balaban J connectivity index is 3.75. The van der Waals surface area contributed by atoms with E-state index < -0.39 is 66.9 Å². The first-order valence-corrected chi connectivity index (χ1v) is 6.77. The van der Waals surface area contributed by atoms with E-state index in [-0.39, 0.29) is 6.08 Å². The lowest BCUT2D eigenvalue weighted by Gasteiger charge is -2.51. The molecule has 0 aromatic heterocycles. The zero-order valence-corrected chi connectivity index (χ0v) is 12.8. The Morgan fingerprint density at radius 3 is 1.73 bits per heavy atom. The highest BCUT2D eigenvalue weighted by atomic mass is 19.3. The van der Waals surface area contributed by atoms with Gasteiger partial charge in [0.15, 0.2) is 11.2 Å². The third-order valence-corrected chi connectivity index (χ3v) is 4.04. The van der Waals surface area contributed by atoms with Crippen molar-refractivity contribution < 1.29 is 60.0 Å². The van der Waals surface area contributed by atoms with Crippen LogP contribution in [0, 0.1) is 0 Å². The van der Waals surface area contributed by atoms with Crippen molar-refractivity contribution in [3.8, 4) is 0 Å². The molecule has 0 amide bonds. The molecule has 4 atom stereocenters. The van der Waals surface area contributed by atoms with Gasteiger partial charge in [-0.2, -0.15) is 22.0 Å². The lowest BCUT2D eigenvalue weighted by atomic mass is 9.71. The summed E-state index contributed by atoms with van der Waals surface area (Å²) in [6.45, 7) is -2.77. The van der Waals surface area contributed by atoms with E-state index in [4.69, 9.17) is 5.11 Å². The van der Waals surface area contributed by atoms with Crippen molar-refractivity contribution in [3.63, 3.8) is 0 Å². The van der Waals surface area contributed by atoms with Crippen LogP contribution in [-0.4, -0.2) is 69.4 Å². The van der Waals surface area contributed by atoms with Gasteiger partial charge in [0.2, 0.25) is 0 Å². The average molecular weight is 402 g/mol. The summed E-state index contributed by atoms with van der Waals surface area (Å²) in [5, 5.41) is 28.3. The SMILES string of the molecule is C=CC(=O)OC1(F)CC(O)(F)C(F)(F)C(O)(CF)CC(O)(CF)C1(F)F. The van der Waals surface area contributed by atoms with Gasteiger partial charge in [0.25, 0.3) is 5.85 Å². The number of hydrogen-bond donors (Lipinski definition) is 3. The minimum absolute atomic E-state index is 0.0536. The molecule has 0 radical (unpaired) electrons. The topological polar surface area (TPSA) is 87.0 Å². The minimum Gasteiger partial charge on any atom is -0.418 e. The molecule has 1 saturated carbocycles. The maximum atomic E-state index is 14.6. The molecule has 0 aromatic carbocycles. The van der Waals surface area contributed by atoms with Crippen LogP contribution in [0.5, 0.6) is 0 Å². The monoisotopic (exact) mass is 402 g/mol. The summed E-state index contributed by atoms with van der Waals surface area (Å²) in [6, 6.07) is 0. The maximum absolute atomic E-state index is 14.6. The van der Waals surface area contributed by atoms with Crippen LogP contribution in [-0.2, 0) is 9.53 Å². The van der Waals surface area contributed by atoms with Crippen molar-refractivity contribution in [2.45, 2.75) is 47.6 Å². The minimum atomic E-state index is -5.73. The van der Waals surface area contributed by atoms with E-state index in [1.54, 1.807) is 0 Å². The molecule has 1 rings (SSSR count). The van der Waals surface area contributed by atoms with Crippen molar-refractivity contribution >= 4 is 5.97 Å². The van der Waals surface area contributed by atoms with Crippen LogP contribution in [0.2, 0.25) is 0 Å². The van der Waals surface area contributed by atoms with Gasteiger partial charge < -0.3 is 20.1 Å². The molecule has 0 saturated heterocycles. The molecule has 0 aliphatic heterocycles. The standard InChI is InChI=1S/C13H14F8O5/c1-2-7(22)26-11(17)4-10(16,25)12(18,19)8(23,5-14)3-9(24,6-15)13(11,20)21/h2,23-25H,1,3-6H2. The molecular formula is C13H14F8O5. The van der Waals surface area contributed by atoms with Crippen LogP contribution in [0.15, 0.2) is 12.7 Å². The molecule has 26 heavy (non-hydrogen) atoms. The predicted octanol–water partition coefficient (Wildman–Crippen LogP) is 1.51. The van der Waals surface area contributed by atoms with Gasteiger partial charge in [0, 0.05) is 12.5 Å². The highest BCUT2D eigenvalue weighted by Gasteiger charge is 2.81. The van der Waals surface area contributed by atoms with Gasteiger partial charge in [-0.1, -0.05) is 6.58 Å². The molecular weight excluding hydrogens is 388 g/mol. The van der Waals surface area contributed by atoms with Crippen LogP contribution in [0.1, 0.15) is 12.8 Å². The van der Waals surface area contributed by atoms with E-state index in [1.165, 1.54) is 0 Å². The lowest BCUT2D eigenvalue weighted by Crippen LogP contribution is -2.75. The summed E-state index contributed by atoms with van der Waals surface area (Å²) in [7, 11) is 0. The smallest absolute Gasteiger partial charge is 0.347 e. The first kappa shape index (κ1) is 22.6. The van der Waals surface area contributed by atoms with E-state index in [0.717, 1.165) is 0 Å². The lowest BCUT2D eigenvalue weighted by molar-refractivity contribution is -0.407. The number of ether oxygens (including phenoxy) is 1. The van der Waals surface area contributed by atoms with Gasteiger partial charge in [-0.3, -0.25) is 0 Å². The number of alkyl halides is 8. The van der Waals surface area contributed by atoms with Gasteiger partial charge in [0.1, 0.15) is 13.3 Å². The highest BCUT2D eigenvalue weighted by Crippen LogP contribution is 2.57. The van der Waals surface area contributed by atoms with E-state index in [1.807, 2.05) is 0 Å². The van der Waals surface area contributed by atoms with Crippen molar-refractivity contribution in [1.29, 1.82) is 0 Å². The molecule has 1 fully saturated rings. The summed E-state index contributed by atoms with van der Waals surface area (Å²) in [6.07, 6.45) is -5.70. The van der Waals surface area contributed by atoms with E-state index >= 15 is 0 Å². The number of rotatable bonds is 4. The van der Waals surface area contributed by atoms with E-state index in [2.05, 4.69) is 11.3 Å². The second-order valence-electron chi connectivity index (χ2n) is 5.95. The summed E-state index contributed by atoms with van der Waals surface area (Å²) >= 11 is 0. The first-order chi connectivity index (χ1) is 11.5. The Bertz CT molecular complexity index is 585. The van der Waals surface area contributed by atoms with Crippen LogP contribution in [0.3, 0.4) is 0 Å². The average Bonchev–Trinajstić information content (AvgIpc) is 2.52. The molecule has 1 aliphatic rings. The zero-order valence-electron chi connectivity index (χ0n) is 12.8. The molecule has 5 nitrogen and oxygen atoms in total. The molecule has 0 spiro atoms. The summed E-state index contributed by atoms with van der Waals surface area (Å²) in [5.41, 5.74) is -9.12. The second-order valence-corrected chi connectivity index (χ2v) is 5.95. The Kier molecular flexibility index (Phi) is 5.47. The number of carbonyl (C=O) groups excluding carboxylic acids is 1. The van der Waals surface area contributed by atoms with Gasteiger partial charge in [-0.05, 0) is 0 Å². The molecule has 3 N–H and O–H groups in total. The molecule has 1 aliphatic carbocycles. The summed E-state index contributed by atoms with van der Waals surface area (Å²) < 4.78 is 115. The Morgan fingerprint density at radius 1 is 0.923 bits per heavy atom. The molecule has 152 valence electrons. The molecule has 13 heteroatoms. The van der Waals surface area contributed by atoms with Crippen molar-refractivity contribution in [2.24, 2.45) is 0 Å². The Morgan fingerprint density at radius 2 is 1.35 bits per heavy atom. The summed E-state index contributed by atoms with van der Waals surface area (Å²) in [4.78, 5) is 11.0. The third kappa shape index (κ3) is 2.95. The number of carbonyl (C=O) groups is 1. The van der Waals surface area contributed by atoms with Gasteiger partial charge in [0.05, 0.1) is 6.42 Å². The number of hydrogen-bond acceptors (Lipinski definition) is 5. The number of halogens is 8. The van der Waals surface area contributed by atoms with E-state index in [0.29, 0.717) is 0 Å². The normalized spacial score (nSPS) is 42.4. The van der Waals surface area contributed by atoms with Gasteiger partial charge in [-0.25, -0.2) is 18.0 Å². The number of aliphatic hydroxyl groups is 3. The fourth-order valence-electron chi connectivity index (χ4n) is 2.50. The quantitative estimate of drug-likeness (QED) is 0.377. The zero-order chi connectivity index (χ0) is 20.8. The highest BCUT2D eigenvalue weighted by molar-refractivity contribution is 5.81. The van der Waals surface area contributed by atoms with Crippen LogP contribution in [0.4, 0.5) is 35.1 Å². The molecule has 4 unspecified atom stereocenters. The van der Waals surface area contributed by atoms with Crippen LogP contribution < -0.4 is 0 Å². The Labute approximate surface area is 140 Å². The summed E-state index contributed by atoms with van der Waals surface area (Å²) in [5.74, 6) is -24.1. The molecule has 0 aromatic rings. The Hall–Kier alpha value is -1.47. The van der Waals surface area contributed by atoms with Crippen LogP contribution in [0.25, 0.3) is 0 Å². The molecule has 0 bridgehead atoms. The predicted molar refractivity (Wildman–Crippen MR) is 67.2 cm³/mol. The second kappa shape index (κ2) is 6.30. The van der Waals surface area contributed by atoms with Crippen molar-refractivity contribution in [2.75, 3.05) is 13.3 Å². The van der Waals surface area contributed by atoms with E-state index in [9.17, 15) is 50.1 Å².